The molecule has 0 amide bonds. The Labute approximate surface area is 113 Å². The van der Waals surface area contributed by atoms with Crippen LogP contribution in [0.2, 0.25) is 0 Å². The van der Waals surface area contributed by atoms with Gasteiger partial charge in [0.05, 0.1) is 18.4 Å². The molecule has 0 saturated heterocycles. The van der Waals surface area contributed by atoms with Crippen molar-refractivity contribution in [3.8, 4) is 0 Å². The van der Waals surface area contributed by atoms with Crippen molar-refractivity contribution in [1.82, 2.24) is 4.98 Å². The van der Waals surface area contributed by atoms with Gasteiger partial charge in [-0.3, -0.25) is 0 Å². The van der Waals surface area contributed by atoms with Crippen molar-refractivity contribution in [1.29, 1.82) is 0 Å². The summed E-state index contributed by atoms with van der Waals surface area (Å²) in [5, 5.41) is 3.36. The molecule has 0 spiro atoms. The molecule has 0 bridgehead atoms. The molecule has 104 valence electrons. The Morgan fingerprint density at radius 3 is 2.79 bits per heavy atom. The Morgan fingerprint density at radius 1 is 1.47 bits per heavy atom. The Morgan fingerprint density at radius 2 is 2.21 bits per heavy atom. The third-order valence-electron chi connectivity index (χ3n) is 4.18. The molecule has 5 nitrogen and oxygen atoms in total. The number of hydrogen-bond acceptors (Lipinski definition) is 5. The van der Waals surface area contributed by atoms with Crippen LogP contribution >= 0.6 is 0 Å². The zero-order valence-electron chi connectivity index (χ0n) is 11.6. The van der Waals surface area contributed by atoms with E-state index in [1.54, 1.807) is 12.3 Å². The second-order valence-corrected chi connectivity index (χ2v) is 5.28. The number of aromatic nitrogens is 1. The van der Waals surface area contributed by atoms with Crippen LogP contribution in [-0.2, 0) is 4.74 Å². The van der Waals surface area contributed by atoms with Crippen LogP contribution in [0.25, 0.3) is 0 Å². The molecule has 1 fully saturated rings. The normalized spacial score (nSPS) is 26.2. The van der Waals surface area contributed by atoms with Crippen molar-refractivity contribution < 1.29 is 9.53 Å². The maximum atomic E-state index is 11.6. The molecular weight excluding hydrogens is 242 g/mol. The van der Waals surface area contributed by atoms with Crippen molar-refractivity contribution >= 4 is 17.5 Å². The molecular formula is C14H21N3O2. The number of esters is 1. The number of carbonyl (C=O) groups excluding carboxylic acids is 1. The van der Waals surface area contributed by atoms with Gasteiger partial charge in [-0.25, -0.2) is 9.78 Å². The number of nitrogens with two attached hydrogens (primary N) is 1. The van der Waals surface area contributed by atoms with E-state index in [9.17, 15) is 4.79 Å². The van der Waals surface area contributed by atoms with Crippen LogP contribution in [-0.4, -0.2) is 24.1 Å². The minimum absolute atomic E-state index is 0.359. The highest BCUT2D eigenvalue weighted by Crippen LogP contribution is 2.34. The highest BCUT2D eigenvalue weighted by Gasteiger charge is 2.30. The minimum Gasteiger partial charge on any atom is -0.465 e. The summed E-state index contributed by atoms with van der Waals surface area (Å²) in [6.07, 6.45) is 3.88. The van der Waals surface area contributed by atoms with Gasteiger partial charge >= 0.3 is 5.97 Å². The molecule has 1 aromatic rings. The van der Waals surface area contributed by atoms with Gasteiger partial charge < -0.3 is 15.8 Å². The van der Waals surface area contributed by atoms with Gasteiger partial charge in [-0.15, -0.1) is 0 Å². The third-order valence-corrected chi connectivity index (χ3v) is 4.18. The number of pyridine rings is 1. The van der Waals surface area contributed by atoms with Crippen LogP contribution in [0.4, 0.5) is 11.5 Å². The number of methoxy groups -OCH3 is 1. The Hall–Kier alpha value is -1.78. The summed E-state index contributed by atoms with van der Waals surface area (Å²) in [5.41, 5.74) is 6.71. The zero-order chi connectivity index (χ0) is 14.0. The molecule has 19 heavy (non-hydrogen) atoms. The topological polar surface area (TPSA) is 77.2 Å². The molecule has 3 N–H and O–H groups in total. The largest absolute Gasteiger partial charge is 0.465 e. The molecule has 5 heteroatoms. The molecule has 3 unspecified atom stereocenters. The van der Waals surface area contributed by atoms with Crippen molar-refractivity contribution in [3.05, 3.63) is 17.8 Å². The summed E-state index contributed by atoms with van der Waals surface area (Å²) in [7, 11) is 1.34. The first-order valence-corrected chi connectivity index (χ1v) is 6.64. The average Bonchev–Trinajstić information content (AvgIpc) is 2.72. The number of nitrogen functional groups attached to an aromatic ring is 1. The summed E-state index contributed by atoms with van der Waals surface area (Å²) < 4.78 is 4.71. The van der Waals surface area contributed by atoms with E-state index in [4.69, 9.17) is 10.5 Å². The molecule has 1 aliphatic rings. The SMILES string of the molecule is COC(=O)c1ccnc(NC2CCC(C)C2C)c1N. The van der Waals surface area contributed by atoms with Crippen LogP contribution in [0.3, 0.4) is 0 Å². The van der Waals surface area contributed by atoms with Crippen molar-refractivity contribution in [2.24, 2.45) is 11.8 Å². The van der Waals surface area contributed by atoms with E-state index in [-0.39, 0.29) is 0 Å². The maximum absolute atomic E-state index is 11.6. The molecule has 0 aliphatic heterocycles. The van der Waals surface area contributed by atoms with E-state index in [0.29, 0.717) is 34.9 Å². The fourth-order valence-corrected chi connectivity index (χ4v) is 2.62. The molecule has 2 rings (SSSR count). The van der Waals surface area contributed by atoms with Crippen molar-refractivity contribution in [3.63, 3.8) is 0 Å². The van der Waals surface area contributed by atoms with Gasteiger partial charge in [-0.1, -0.05) is 13.8 Å². The number of carbonyl (C=O) groups is 1. The van der Waals surface area contributed by atoms with Gasteiger partial charge in [-0.2, -0.15) is 0 Å². The van der Waals surface area contributed by atoms with E-state index in [0.717, 1.165) is 6.42 Å². The van der Waals surface area contributed by atoms with Crippen LogP contribution in [0, 0.1) is 11.8 Å². The monoisotopic (exact) mass is 263 g/mol. The van der Waals surface area contributed by atoms with Crippen LogP contribution in [0.5, 0.6) is 0 Å². The Kier molecular flexibility index (Phi) is 3.93. The molecule has 0 aromatic carbocycles. The van der Waals surface area contributed by atoms with E-state index in [1.807, 2.05) is 0 Å². The second kappa shape index (κ2) is 5.47. The van der Waals surface area contributed by atoms with Gasteiger partial charge in [0.1, 0.15) is 5.82 Å². The van der Waals surface area contributed by atoms with Crippen molar-refractivity contribution in [2.75, 3.05) is 18.2 Å². The number of hydrogen-bond donors (Lipinski definition) is 2. The smallest absolute Gasteiger partial charge is 0.340 e. The quantitative estimate of drug-likeness (QED) is 0.818. The summed E-state index contributed by atoms with van der Waals surface area (Å²) in [6, 6.07) is 1.94. The van der Waals surface area contributed by atoms with Gasteiger partial charge in [0.2, 0.25) is 0 Å². The summed E-state index contributed by atoms with van der Waals surface area (Å²) in [5.74, 6) is 1.41. The second-order valence-electron chi connectivity index (χ2n) is 5.28. The summed E-state index contributed by atoms with van der Waals surface area (Å²) in [4.78, 5) is 15.8. The standard InChI is InChI=1S/C14H21N3O2/c1-8-4-5-11(9(8)2)17-13-12(15)10(6-7-16-13)14(18)19-3/h6-9,11H,4-5,15H2,1-3H3,(H,16,17). The molecule has 0 radical (unpaired) electrons. The van der Waals surface area contributed by atoms with Gasteiger partial charge in [0.15, 0.2) is 0 Å². The lowest BCUT2D eigenvalue weighted by Gasteiger charge is -2.21. The lowest BCUT2D eigenvalue weighted by atomic mass is 9.98. The first kappa shape index (κ1) is 13.6. The predicted octanol–water partition coefficient (Wildman–Crippen LogP) is 2.30. The Balaban J connectivity index is 2.19. The lowest BCUT2D eigenvalue weighted by molar-refractivity contribution is 0.0602. The van der Waals surface area contributed by atoms with Crippen LogP contribution in [0.1, 0.15) is 37.0 Å². The summed E-state index contributed by atoms with van der Waals surface area (Å²) in [6.45, 7) is 4.49. The third kappa shape index (κ3) is 2.64. The number of ether oxygens (including phenoxy) is 1. The van der Waals surface area contributed by atoms with Gasteiger partial charge in [0, 0.05) is 12.2 Å². The minimum atomic E-state index is -0.434. The summed E-state index contributed by atoms with van der Waals surface area (Å²) >= 11 is 0. The highest BCUT2D eigenvalue weighted by molar-refractivity contribution is 5.97. The fourth-order valence-electron chi connectivity index (χ4n) is 2.62. The number of nitrogens with zero attached hydrogens (tertiary/aromatic N) is 1. The van der Waals surface area contributed by atoms with E-state index in [1.165, 1.54) is 13.5 Å². The number of anilines is 2. The fraction of sp³-hybridized carbons (Fsp3) is 0.571. The van der Waals surface area contributed by atoms with E-state index < -0.39 is 5.97 Å². The Bertz CT molecular complexity index is 476. The average molecular weight is 263 g/mol. The van der Waals surface area contributed by atoms with E-state index >= 15 is 0 Å². The molecule has 1 heterocycles. The van der Waals surface area contributed by atoms with Crippen LogP contribution < -0.4 is 11.1 Å². The number of rotatable bonds is 3. The molecule has 1 aromatic heterocycles. The van der Waals surface area contributed by atoms with Gasteiger partial charge in [0.25, 0.3) is 0 Å². The zero-order valence-corrected chi connectivity index (χ0v) is 11.6. The molecule has 3 atom stereocenters. The maximum Gasteiger partial charge on any atom is 0.340 e. The first-order chi connectivity index (χ1) is 9.04. The highest BCUT2D eigenvalue weighted by atomic mass is 16.5. The lowest BCUT2D eigenvalue weighted by Crippen LogP contribution is -2.25. The predicted molar refractivity (Wildman–Crippen MR) is 75.0 cm³/mol. The molecule has 1 aliphatic carbocycles. The number of nitrogens with one attached hydrogen (secondary N) is 1. The van der Waals surface area contributed by atoms with Crippen molar-refractivity contribution in [2.45, 2.75) is 32.7 Å². The molecule has 1 saturated carbocycles. The van der Waals surface area contributed by atoms with E-state index in [2.05, 4.69) is 24.1 Å². The van der Waals surface area contributed by atoms with Crippen LogP contribution in [0.15, 0.2) is 12.3 Å². The van der Waals surface area contributed by atoms with Gasteiger partial charge in [-0.05, 0) is 30.7 Å². The first-order valence-electron chi connectivity index (χ1n) is 6.64.